The first-order valence-electron chi connectivity index (χ1n) is 13.1. The molecule has 15 heteroatoms. The minimum atomic E-state index is -4.61. The largest absolute Gasteiger partial charge is 0.449 e. The Hall–Kier alpha value is -5.70. The first kappa shape index (κ1) is 28.1. The molecule has 1 amide bonds. The van der Waals surface area contributed by atoms with Crippen molar-refractivity contribution in [1.29, 1.82) is 0 Å². The van der Waals surface area contributed by atoms with Crippen molar-refractivity contribution in [2.75, 3.05) is 10.6 Å². The number of thiazole rings is 1. The van der Waals surface area contributed by atoms with Crippen LogP contribution in [0.3, 0.4) is 0 Å². The van der Waals surface area contributed by atoms with Crippen LogP contribution in [0, 0.1) is 11.6 Å². The fourth-order valence-electron chi connectivity index (χ4n) is 4.78. The van der Waals surface area contributed by atoms with Gasteiger partial charge in [0.15, 0.2) is 4.96 Å². The van der Waals surface area contributed by atoms with Crippen molar-refractivity contribution in [3.8, 4) is 22.6 Å². The number of benzene rings is 3. The second-order valence-electron chi connectivity index (χ2n) is 9.70. The fraction of sp³-hybridized carbons (Fsp3) is 0.0333. The van der Waals surface area contributed by atoms with Crippen LogP contribution in [0.2, 0.25) is 0 Å². The Balaban J connectivity index is 1.22. The molecule has 0 aliphatic heterocycles. The topological polar surface area (TPSA) is 113 Å². The van der Waals surface area contributed by atoms with Gasteiger partial charge in [-0.1, -0.05) is 18.2 Å². The Bertz CT molecular complexity index is 2220. The Morgan fingerprint density at radius 3 is 2.51 bits per heavy atom. The van der Waals surface area contributed by atoms with Crippen LogP contribution in [0.4, 0.5) is 39.3 Å². The van der Waals surface area contributed by atoms with Gasteiger partial charge in [0, 0.05) is 34.7 Å². The van der Waals surface area contributed by atoms with Gasteiger partial charge in [-0.15, -0.1) is 11.3 Å². The van der Waals surface area contributed by atoms with Gasteiger partial charge in [-0.2, -0.15) is 13.2 Å². The van der Waals surface area contributed by atoms with E-state index < -0.39 is 35.1 Å². The number of carbonyl (C=O) groups excluding carboxylic acids is 1. The maximum absolute atomic E-state index is 14.2. The van der Waals surface area contributed by atoms with Gasteiger partial charge in [0.05, 0.1) is 22.4 Å². The maximum Gasteiger partial charge on any atom is 0.449 e. The quantitative estimate of drug-likeness (QED) is 0.162. The van der Waals surface area contributed by atoms with Crippen molar-refractivity contribution >= 4 is 50.6 Å². The van der Waals surface area contributed by atoms with Crippen LogP contribution in [0.5, 0.6) is 0 Å². The highest BCUT2D eigenvalue weighted by molar-refractivity contribution is 7.15. The van der Waals surface area contributed by atoms with Gasteiger partial charge < -0.3 is 15.6 Å². The molecule has 9 nitrogen and oxygen atoms in total. The summed E-state index contributed by atoms with van der Waals surface area (Å²) in [6.45, 7) is 0. The molecule has 3 aromatic carbocycles. The maximum atomic E-state index is 14.2. The molecule has 7 rings (SSSR count). The number of carbonyl (C=O) groups is 1. The van der Waals surface area contributed by atoms with Crippen LogP contribution in [-0.2, 0) is 6.18 Å². The smallest absolute Gasteiger partial charge is 0.334 e. The molecule has 0 aliphatic carbocycles. The van der Waals surface area contributed by atoms with E-state index in [1.54, 1.807) is 36.4 Å². The van der Waals surface area contributed by atoms with Crippen molar-refractivity contribution < 1.29 is 26.7 Å². The summed E-state index contributed by atoms with van der Waals surface area (Å²) in [6, 6.07) is 16.0. The van der Waals surface area contributed by atoms with E-state index in [0.29, 0.717) is 33.3 Å². The number of aromatic amines is 1. The third-order valence-electron chi connectivity index (χ3n) is 6.75. The summed E-state index contributed by atoms with van der Waals surface area (Å²) in [5.41, 5.74) is 2.52. The number of alkyl halides is 3. The van der Waals surface area contributed by atoms with E-state index in [9.17, 15) is 26.7 Å². The lowest BCUT2D eigenvalue weighted by molar-refractivity contribution is -0.144. The van der Waals surface area contributed by atoms with E-state index in [1.165, 1.54) is 35.7 Å². The number of H-pyrrole nitrogens is 1. The number of rotatable bonds is 6. The summed E-state index contributed by atoms with van der Waals surface area (Å²) in [5, 5.41) is 7.40. The Morgan fingerprint density at radius 2 is 1.71 bits per heavy atom. The zero-order valence-corrected chi connectivity index (χ0v) is 23.3. The number of hydrogen-bond donors (Lipinski definition) is 3. The summed E-state index contributed by atoms with van der Waals surface area (Å²) in [5.74, 6) is -3.83. The standard InChI is InChI=1S/C30H17F5N8OS/c31-18-5-2-6-19(32)23(18)26(44)37-16-4-1-3-15(13-16)24-25(43-11-12-45-29(43)42-24)21-9-10-36-28(41-21)38-17-7-8-20-22(14-17)40-27(39-20)30(33,34)35/h1-14H,(H,37,44)(H,39,40)(H,36,38,41). The third kappa shape index (κ3) is 5.33. The van der Waals surface area contributed by atoms with Crippen molar-refractivity contribution in [2.24, 2.45) is 0 Å². The van der Waals surface area contributed by atoms with Crippen LogP contribution < -0.4 is 10.6 Å². The second kappa shape index (κ2) is 10.8. The molecule has 0 aliphatic rings. The first-order chi connectivity index (χ1) is 21.6. The molecule has 0 fully saturated rings. The number of nitrogens with zero attached hydrogens (tertiary/aromatic N) is 5. The summed E-state index contributed by atoms with van der Waals surface area (Å²) in [6.07, 6.45) is -1.27. The number of nitrogens with one attached hydrogen (secondary N) is 3. The second-order valence-corrected chi connectivity index (χ2v) is 10.6. The molecule has 3 N–H and O–H groups in total. The number of hydrogen-bond acceptors (Lipinski definition) is 7. The molecule has 45 heavy (non-hydrogen) atoms. The summed E-state index contributed by atoms with van der Waals surface area (Å²) < 4.78 is 69.5. The van der Waals surface area contributed by atoms with Crippen LogP contribution in [0.25, 0.3) is 38.6 Å². The summed E-state index contributed by atoms with van der Waals surface area (Å²) >= 11 is 1.39. The average Bonchev–Trinajstić information content (AvgIpc) is 3.72. The highest BCUT2D eigenvalue weighted by Crippen LogP contribution is 2.35. The lowest BCUT2D eigenvalue weighted by atomic mass is 10.1. The molecule has 4 heterocycles. The lowest BCUT2D eigenvalue weighted by Gasteiger charge is -2.10. The van der Waals surface area contributed by atoms with Gasteiger partial charge in [-0.3, -0.25) is 9.20 Å². The molecule has 0 unspecified atom stereocenters. The van der Waals surface area contributed by atoms with Gasteiger partial charge in [-0.05, 0) is 48.5 Å². The molecule has 0 atom stereocenters. The molecule has 0 saturated heterocycles. The van der Waals surface area contributed by atoms with Crippen molar-refractivity contribution in [2.45, 2.75) is 6.18 Å². The normalized spacial score (nSPS) is 11.8. The molecular formula is C30H17F5N8OS. The Morgan fingerprint density at radius 1 is 0.911 bits per heavy atom. The van der Waals surface area contributed by atoms with Gasteiger partial charge in [0.25, 0.3) is 5.91 Å². The lowest BCUT2D eigenvalue weighted by Crippen LogP contribution is -2.15. The highest BCUT2D eigenvalue weighted by Gasteiger charge is 2.34. The van der Waals surface area contributed by atoms with E-state index in [-0.39, 0.29) is 22.7 Å². The highest BCUT2D eigenvalue weighted by atomic mass is 32.1. The van der Waals surface area contributed by atoms with Crippen molar-refractivity contribution in [1.82, 2.24) is 29.3 Å². The summed E-state index contributed by atoms with van der Waals surface area (Å²) in [4.78, 5) is 32.9. The number of aromatic nitrogens is 6. The molecule has 0 radical (unpaired) electrons. The fourth-order valence-corrected chi connectivity index (χ4v) is 5.50. The van der Waals surface area contributed by atoms with Crippen LogP contribution >= 0.6 is 11.3 Å². The van der Waals surface area contributed by atoms with Crippen LogP contribution in [0.1, 0.15) is 16.2 Å². The average molecular weight is 633 g/mol. The van der Waals surface area contributed by atoms with E-state index in [2.05, 4.69) is 30.6 Å². The molecular weight excluding hydrogens is 615 g/mol. The SMILES string of the molecule is O=C(Nc1cccc(-c2nc3sccn3c2-c2ccnc(Nc3ccc4[nH]c(C(F)(F)F)nc4c3)n2)c1)c1c(F)cccc1F. The zero-order valence-electron chi connectivity index (χ0n) is 22.5. The van der Waals surface area contributed by atoms with Gasteiger partial charge in [0.2, 0.25) is 11.8 Å². The van der Waals surface area contributed by atoms with Crippen molar-refractivity contribution in [3.63, 3.8) is 0 Å². The van der Waals surface area contributed by atoms with E-state index in [0.717, 1.165) is 12.1 Å². The number of anilines is 3. The number of amides is 1. The molecule has 0 spiro atoms. The van der Waals surface area contributed by atoms with Gasteiger partial charge >= 0.3 is 6.18 Å². The molecule has 224 valence electrons. The van der Waals surface area contributed by atoms with E-state index in [1.807, 2.05) is 16.0 Å². The van der Waals surface area contributed by atoms with Gasteiger partial charge in [-0.25, -0.2) is 28.7 Å². The Labute approximate surface area is 253 Å². The minimum absolute atomic E-state index is 0.117. The molecule has 4 aromatic heterocycles. The predicted molar refractivity (Wildman–Crippen MR) is 158 cm³/mol. The van der Waals surface area contributed by atoms with Gasteiger partial charge in [0.1, 0.15) is 22.9 Å². The molecule has 0 bridgehead atoms. The monoisotopic (exact) mass is 632 g/mol. The van der Waals surface area contributed by atoms with E-state index in [4.69, 9.17) is 4.98 Å². The number of imidazole rings is 2. The van der Waals surface area contributed by atoms with Crippen LogP contribution in [0.15, 0.2) is 84.5 Å². The molecule has 7 aromatic rings. The molecule has 0 saturated carbocycles. The number of halogens is 5. The third-order valence-corrected chi connectivity index (χ3v) is 7.51. The Kier molecular flexibility index (Phi) is 6.73. The number of fused-ring (bicyclic) bond motifs is 2. The van der Waals surface area contributed by atoms with Crippen molar-refractivity contribution in [3.05, 3.63) is 108 Å². The zero-order chi connectivity index (χ0) is 31.3. The summed E-state index contributed by atoms with van der Waals surface area (Å²) in [7, 11) is 0. The van der Waals surface area contributed by atoms with E-state index >= 15 is 0 Å². The predicted octanol–water partition coefficient (Wildman–Crippen LogP) is 7.69. The van der Waals surface area contributed by atoms with Crippen LogP contribution in [-0.4, -0.2) is 35.2 Å². The first-order valence-corrected chi connectivity index (χ1v) is 14.0. The minimum Gasteiger partial charge on any atom is -0.334 e.